The molecule has 0 aromatic carbocycles. The molecule has 0 radical (unpaired) electrons. The minimum Gasteiger partial charge on any atom is -0.375 e. The lowest BCUT2D eigenvalue weighted by molar-refractivity contribution is -0.134. The molecule has 1 heterocycles. The molecule has 1 atom stereocenters. The van der Waals surface area contributed by atoms with E-state index in [9.17, 15) is 4.79 Å². The predicted molar refractivity (Wildman–Crippen MR) is 78.1 cm³/mol. The maximum absolute atomic E-state index is 12.2. The largest absolute Gasteiger partial charge is 0.375 e. The molecule has 0 aromatic rings. The number of ether oxygens (including phenoxy) is 1. The van der Waals surface area contributed by atoms with Gasteiger partial charge in [0.25, 0.3) is 0 Å². The van der Waals surface area contributed by atoms with Gasteiger partial charge < -0.3 is 14.5 Å². The van der Waals surface area contributed by atoms with Gasteiger partial charge in [0.15, 0.2) is 0 Å². The molecule has 1 amide bonds. The smallest absolute Gasteiger partial charge is 0.246 e. The minimum absolute atomic E-state index is 0.118. The van der Waals surface area contributed by atoms with Gasteiger partial charge in [-0.2, -0.15) is 0 Å². The molecule has 4 heteroatoms. The second kappa shape index (κ2) is 7.06. The van der Waals surface area contributed by atoms with Crippen molar-refractivity contribution in [3.8, 4) is 0 Å². The van der Waals surface area contributed by atoms with Crippen molar-refractivity contribution >= 4 is 5.91 Å². The first-order valence-electron chi connectivity index (χ1n) is 7.11. The number of hydrogen-bond donors (Lipinski definition) is 0. The second-order valence-electron chi connectivity index (χ2n) is 6.04. The number of amides is 1. The summed E-state index contributed by atoms with van der Waals surface area (Å²) in [4.78, 5) is 16.3. The van der Waals surface area contributed by atoms with Crippen molar-refractivity contribution in [3.05, 3.63) is 12.2 Å². The molecule has 1 aliphatic heterocycles. The summed E-state index contributed by atoms with van der Waals surface area (Å²) in [5.74, 6) is 0.118. The van der Waals surface area contributed by atoms with Gasteiger partial charge in [0.1, 0.15) is 0 Å². The molecule has 19 heavy (non-hydrogen) atoms. The topological polar surface area (TPSA) is 32.8 Å². The lowest BCUT2D eigenvalue weighted by Crippen LogP contribution is -2.48. The molecule has 0 saturated carbocycles. The predicted octanol–water partition coefficient (Wildman–Crippen LogP) is 1.91. The van der Waals surface area contributed by atoms with E-state index in [2.05, 4.69) is 13.8 Å². The lowest BCUT2D eigenvalue weighted by Gasteiger charge is -2.40. The zero-order chi connectivity index (χ0) is 14.5. The van der Waals surface area contributed by atoms with E-state index in [1.807, 2.05) is 36.9 Å². The fourth-order valence-electron chi connectivity index (χ4n) is 2.52. The van der Waals surface area contributed by atoms with Crippen LogP contribution in [0.25, 0.3) is 0 Å². The molecule has 0 N–H and O–H groups in total. The Bertz CT molecular complexity index is 324. The summed E-state index contributed by atoms with van der Waals surface area (Å²) in [7, 11) is 3.99. The van der Waals surface area contributed by atoms with Crippen molar-refractivity contribution in [3.63, 3.8) is 0 Å². The molecule has 1 saturated heterocycles. The van der Waals surface area contributed by atoms with Crippen molar-refractivity contribution in [2.75, 3.05) is 33.8 Å². The summed E-state index contributed by atoms with van der Waals surface area (Å²) < 4.78 is 5.72. The maximum Gasteiger partial charge on any atom is 0.246 e. The summed E-state index contributed by atoms with van der Waals surface area (Å²) in [6.45, 7) is 8.52. The number of rotatable bonds is 5. The van der Waals surface area contributed by atoms with E-state index in [0.717, 1.165) is 32.5 Å². The third-order valence-corrected chi connectivity index (χ3v) is 3.47. The summed E-state index contributed by atoms with van der Waals surface area (Å²) in [5.41, 5.74) is -0.121. The van der Waals surface area contributed by atoms with E-state index < -0.39 is 0 Å². The summed E-state index contributed by atoms with van der Waals surface area (Å²) in [6, 6.07) is 0.297. The molecule has 0 aromatic heterocycles. The van der Waals surface area contributed by atoms with Gasteiger partial charge in [0, 0.05) is 31.8 Å². The molecule has 1 unspecified atom stereocenters. The number of carbonyl (C=O) groups excluding carboxylic acids is 1. The Hall–Kier alpha value is -0.870. The van der Waals surface area contributed by atoms with Crippen molar-refractivity contribution in [2.24, 2.45) is 0 Å². The van der Waals surface area contributed by atoms with Crippen molar-refractivity contribution in [2.45, 2.75) is 45.3 Å². The Morgan fingerprint density at radius 1 is 1.42 bits per heavy atom. The Morgan fingerprint density at radius 3 is 2.63 bits per heavy atom. The molecule has 1 aliphatic rings. The van der Waals surface area contributed by atoms with Crippen LogP contribution >= 0.6 is 0 Å². The summed E-state index contributed by atoms with van der Waals surface area (Å²) in [6.07, 6.45) is 5.47. The van der Waals surface area contributed by atoms with Crippen LogP contribution in [0.5, 0.6) is 0 Å². The van der Waals surface area contributed by atoms with Crippen molar-refractivity contribution in [1.82, 2.24) is 9.80 Å². The van der Waals surface area contributed by atoms with Crippen LogP contribution < -0.4 is 0 Å². The molecule has 1 rings (SSSR count). The van der Waals surface area contributed by atoms with Crippen LogP contribution in [0, 0.1) is 0 Å². The van der Waals surface area contributed by atoms with E-state index >= 15 is 0 Å². The molecular formula is C15H28N2O2. The number of hydrogen-bond acceptors (Lipinski definition) is 3. The van der Waals surface area contributed by atoms with Crippen LogP contribution in [-0.2, 0) is 9.53 Å². The summed E-state index contributed by atoms with van der Waals surface area (Å²) in [5, 5.41) is 0. The minimum atomic E-state index is -0.121. The molecule has 4 nitrogen and oxygen atoms in total. The zero-order valence-corrected chi connectivity index (χ0v) is 13.0. The van der Waals surface area contributed by atoms with Gasteiger partial charge in [-0.15, -0.1) is 0 Å². The fourth-order valence-corrected chi connectivity index (χ4v) is 2.52. The van der Waals surface area contributed by atoms with Gasteiger partial charge in [-0.25, -0.2) is 0 Å². The first-order chi connectivity index (χ1) is 8.85. The van der Waals surface area contributed by atoms with Crippen LogP contribution in [-0.4, -0.2) is 61.1 Å². The van der Waals surface area contributed by atoms with Crippen LogP contribution in [0.2, 0.25) is 0 Å². The zero-order valence-electron chi connectivity index (χ0n) is 13.0. The van der Waals surface area contributed by atoms with Gasteiger partial charge >= 0.3 is 0 Å². The van der Waals surface area contributed by atoms with E-state index in [0.29, 0.717) is 6.04 Å². The van der Waals surface area contributed by atoms with Gasteiger partial charge in [-0.3, -0.25) is 4.79 Å². The highest BCUT2D eigenvalue weighted by molar-refractivity contribution is 5.87. The standard InChI is InChI=1S/C15H28N2O2/c1-6-17(14(18)8-7-10-16(4)5)13-9-11-19-15(2,3)12-13/h7-8,13H,6,9-12H2,1-5H3/b8-7+. The van der Waals surface area contributed by atoms with Crippen LogP contribution in [0.1, 0.15) is 33.6 Å². The average molecular weight is 268 g/mol. The third-order valence-electron chi connectivity index (χ3n) is 3.47. The van der Waals surface area contributed by atoms with Gasteiger partial charge in [0.05, 0.1) is 5.60 Å². The normalized spacial score (nSPS) is 22.9. The van der Waals surface area contributed by atoms with Crippen molar-refractivity contribution in [1.29, 1.82) is 0 Å². The number of carbonyl (C=O) groups is 1. The van der Waals surface area contributed by atoms with E-state index in [1.165, 1.54) is 0 Å². The third kappa shape index (κ3) is 5.33. The molecule has 0 aliphatic carbocycles. The van der Waals surface area contributed by atoms with Crippen molar-refractivity contribution < 1.29 is 9.53 Å². The quantitative estimate of drug-likeness (QED) is 0.714. The molecule has 110 valence electrons. The number of nitrogens with zero attached hydrogens (tertiary/aromatic N) is 2. The van der Waals surface area contributed by atoms with E-state index in [-0.39, 0.29) is 11.5 Å². The Balaban J connectivity index is 2.61. The second-order valence-corrected chi connectivity index (χ2v) is 6.04. The van der Waals surface area contributed by atoms with Gasteiger partial charge in [0.2, 0.25) is 5.91 Å². The highest BCUT2D eigenvalue weighted by atomic mass is 16.5. The Morgan fingerprint density at radius 2 is 2.11 bits per heavy atom. The molecular weight excluding hydrogens is 240 g/mol. The highest BCUT2D eigenvalue weighted by Crippen LogP contribution is 2.27. The molecule has 0 spiro atoms. The highest BCUT2D eigenvalue weighted by Gasteiger charge is 2.33. The average Bonchev–Trinajstić information content (AvgIpc) is 2.28. The Labute approximate surface area is 117 Å². The monoisotopic (exact) mass is 268 g/mol. The fraction of sp³-hybridized carbons (Fsp3) is 0.800. The Kier molecular flexibility index (Phi) is 6.01. The SMILES string of the molecule is CCN(C(=O)/C=C/CN(C)C)C1CCOC(C)(C)C1. The van der Waals surface area contributed by atoms with E-state index in [4.69, 9.17) is 4.74 Å². The van der Waals surface area contributed by atoms with E-state index in [1.54, 1.807) is 6.08 Å². The first-order valence-corrected chi connectivity index (χ1v) is 7.11. The lowest BCUT2D eigenvalue weighted by atomic mass is 9.92. The van der Waals surface area contributed by atoms with Gasteiger partial charge in [-0.1, -0.05) is 6.08 Å². The molecule has 1 fully saturated rings. The van der Waals surface area contributed by atoms with Crippen LogP contribution in [0.15, 0.2) is 12.2 Å². The summed E-state index contributed by atoms with van der Waals surface area (Å²) >= 11 is 0. The maximum atomic E-state index is 12.2. The number of likely N-dealkylation sites (N-methyl/N-ethyl adjacent to an activating group) is 2. The first kappa shape index (κ1) is 16.2. The molecule has 0 bridgehead atoms. The van der Waals surface area contributed by atoms with Crippen LogP contribution in [0.4, 0.5) is 0 Å². The van der Waals surface area contributed by atoms with Crippen LogP contribution in [0.3, 0.4) is 0 Å². The van der Waals surface area contributed by atoms with Gasteiger partial charge in [-0.05, 0) is 47.7 Å².